The molecule has 1 N–H and O–H groups in total. The van der Waals surface area contributed by atoms with E-state index < -0.39 is 0 Å². The van der Waals surface area contributed by atoms with E-state index >= 15 is 0 Å². The van der Waals surface area contributed by atoms with Crippen molar-refractivity contribution in [3.63, 3.8) is 0 Å². The fourth-order valence-electron chi connectivity index (χ4n) is 3.66. The summed E-state index contributed by atoms with van der Waals surface area (Å²) in [4.78, 5) is 12.5. The first-order valence-electron chi connectivity index (χ1n) is 9.51. The Bertz CT molecular complexity index is 1090. The van der Waals surface area contributed by atoms with Crippen molar-refractivity contribution in [3.8, 4) is 0 Å². The third kappa shape index (κ3) is 3.68. The Hall–Kier alpha value is -1.92. The highest BCUT2D eigenvalue weighted by molar-refractivity contribution is 6.36. The molecular weight excluding hydrogens is 431 g/mol. The van der Waals surface area contributed by atoms with E-state index in [9.17, 15) is 0 Å². The van der Waals surface area contributed by atoms with Gasteiger partial charge in [0.25, 0.3) is 0 Å². The molecule has 2 heterocycles. The van der Waals surface area contributed by atoms with Gasteiger partial charge in [-0.1, -0.05) is 40.9 Å². The molecule has 4 rings (SSSR count). The smallest absolute Gasteiger partial charge is 0.211 e. The summed E-state index contributed by atoms with van der Waals surface area (Å²) < 4.78 is 2.20. The molecule has 5 nitrogen and oxygen atoms in total. The van der Waals surface area contributed by atoms with Crippen molar-refractivity contribution < 1.29 is 4.84 Å². The van der Waals surface area contributed by atoms with E-state index in [4.69, 9.17) is 44.6 Å². The number of halogens is 3. The maximum absolute atomic E-state index is 6.54. The molecule has 1 aliphatic heterocycles. The van der Waals surface area contributed by atoms with Gasteiger partial charge in [0, 0.05) is 23.7 Å². The van der Waals surface area contributed by atoms with Gasteiger partial charge in [0.15, 0.2) is 0 Å². The minimum Gasteiger partial charge on any atom is -0.310 e. The lowest BCUT2D eigenvalue weighted by Crippen LogP contribution is -2.28. The van der Waals surface area contributed by atoms with E-state index in [2.05, 4.69) is 14.9 Å². The van der Waals surface area contributed by atoms with Crippen LogP contribution in [0, 0.1) is 0 Å². The predicted molar refractivity (Wildman–Crippen MR) is 121 cm³/mol. The minimum atomic E-state index is 0.557. The van der Waals surface area contributed by atoms with Crippen LogP contribution in [0.4, 0.5) is 11.6 Å². The maximum Gasteiger partial charge on any atom is 0.211 e. The average Bonchev–Trinajstić information content (AvgIpc) is 3.11. The van der Waals surface area contributed by atoms with Crippen LogP contribution in [0.2, 0.25) is 15.1 Å². The molecule has 1 aliphatic rings. The van der Waals surface area contributed by atoms with E-state index in [1.807, 2.05) is 44.2 Å². The number of imidazole rings is 1. The minimum absolute atomic E-state index is 0.557. The van der Waals surface area contributed by atoms with E-state index in [-0.39, 0.29) is 0 Å². The number of nitrogens with one attached hydrogen (secondary N) is 1. The topological polar surface area (TPSA) is 42.3 Å². The Kier molecular flexibility index (Phi) is 5.93. The van der Waals surface area contributed by atoms with Crippen molar-refractivity contribution in [1.82, 2.24) is 15.0 Å². The molecule has 8 heteroatoms. The van der Waals surface area contributed by atoms with Crippen LogP contribution in [0.15, 0.2) is 36.4 Å². The molecule has 0 aliphatic carbocycles. The number of hydroxylamine groups is 1. The van der Waals surface area contributed by atoms with Crippen LogP contribution in [0.25, 0.3) is 16.7 Å². The first-order valence-corrected chi connectivity index (χ1v) is 10.6. The van der Waals surface area contributed by atoms with E-state index in [0.29, 0.717) is 21.7 Å². The van der Waals surface area contributed by atoms with Gasteiger partial charge in [0.05, 0.1) is 33.6 Å². The van der Waals surface area contributed by atoms with Crippen molar-refractivity contribution >= 4 is 63.2 Å². The van der Waals surface area contributed by atoms with Gasteiger partial charge in [-0.2, -0.15) is 0 Å². The number of fused-ring (bicyclic) bond motifs is 3. The molecule has 0 fully saturated rings. The Morgan fingerprint density at radius 2 is 2.00 bits per heavy atom. The van der Waals surface area contributed by atoms with Crippen LogP contribution in [-0.2, 0) is 11.4 Å². The SMILES string of the molecule is CC=C(NOCC)c1ccc(Cl)c2nc3n(c12)CCCN3c1ccc(Cl)cc1Cl. The molecule has 1 aromatic heterocycles. The monoisotopic (exact) mass is 450 g/mol. The number of hydrogen-bond donors (Lipinski definition) is 1. The zero-order valence-electron chi connectivity index (χ0n) is 16.2. The number of aromatic nitrogens is 2. The second kappa shape index (κ2) is 8.44. The quantitative estimate of drug-likeness (QED) is 0.453. The molecule has 2 aromatic carbocycles. The van der Waals surface area contributed by atoms with Gasteiger partial charge < -0.3 is 9.47 Å². The number of hydrogen-bond acceptors (Lipinski definition) is 4. The fourth-order valence-corrected chi connectivity index (χ4v) is 4.37. The molecule has 29 heavy (non-hydrogen) atoms. The van der Waals surface area contributed by atoms with Crippen molar-refractivity contribution in [1.29, 1.82) is 0 Å². The van der Waals surface area contributed by atoms with E-state index in [0.717, 1.165) is 53.4 Å². The van der Waals surface area contributed by atoms with Crippen LogP contribution in [-0.4, -0.2) is 22.7 Å². The highest BCUT2D eigenvalue weighted by atomic mass is 35.5. The molecular formula is C21H21Cl3N4O. The second-order valence-corrected chi connectivity index (χ2v) is 7.94. The first-order chi connectivity index (χ1) is 14.0. The molecule has 0 saturated heterocycles. The summed E-state index contributed by atoms with van der Waals surface area (Å²) in [7, 11) is 0. The third-order valence-corrected chi connectivity index (χ3v) is 5.78. The molecule has 0 bridgehead atoms. The number of nitrogens with zero attached hydrogens (tertiary/aromatic N) is 3. The van der Waals surface area contributed by atoms with E-state index in [1.165, 1.54) is 0 Å². The van der Waals surface area contributed by atoms with Gasteiger partial charge in [-0.3, -0.25) is 10.3 Å². The molecule has 3 aromatic rings. The third-order valence-electron chi connectivity index (χ3n) is 4.94. The van der Waals surface area contributed by atoms with Crippen LogP contribution < -0.4 is 10.4 Å². The lowest BCUT2D eigenvalue weighted by atomic mass is 10.1. The van der Waals surface area contributed by atoms with Gasteiger partial charge in [0.2, 0.25) is 5.95 Å². The average molecular weight is 452 g/mol. The highest BCUT2D eigenvalue weighted by Crippen LogP contribution is 2.40. The fraction of sp³-hybridized carbons (Fsp3) is 0.286. The van der Waals surface area contributed by atoms with Gasteiger partial charge >= 0.3 is 0 Å². The number of rotatable bonds is 5. The first kappa shape index (κ1) is 20.4. The Labute approximate surface area is 184 Å². The Morgan fingerprint density at radius 1 is 1.17 bits per heavy atom. The van der Waals surface area contributed by atoms with Crippen LogP contribution >= 0.6 is 34.8 Å². The van der Waals surface area contributed by atoms with Crippen molar-refractivity contribution in [2.45, 2.75) is 26.8 Å². The van der Waals surface area contributed by atoms with Crippen LogP contribution in [0.1, 0.15) is 25.8 Å². The summed E-state index contributed by atoms with van der Waals surface area (Å²) in [5.74, 6) is 0.816. The number of allylic oxidation sites excluding steroid dienone is 1. The van der Waals surface area contributed by atoms with Crippen LogP contribution in [0.5, 0.6) is 0 Å². The number of benzene rings is 2. The number of anilines is 2. The summed E-state index contributed by atoms with van der Waals surface area (Å²) in [6.07, 6.45) is 2.93. The molecule has 152 valence electrons. The van der Waals surface area contributed by atoms with Gasteiger partial charge in [0.1, 0.15) is 5.52 Å². The largest absolute Gasteiger partial charge is 0.310 e. The molecule has 0 unspecified atom stereocenters. The number of aryl methyl sites for hydroxylation is 1. The molecule has 0 amide bonds. The Morgan fingerprint density at radius 3 is 2.72 bits per heavy atom. The second-order valence-electron chi connectivity index (χ2n) is 6.69. The lowest BCUT2D eigenvalue weighted by molar-refractivity contribution is 0.0899. The zero-order chi connectivity index (χ0) is 20.5. The highest BCUT2D eigenvalue weighted by Gasteiger charge is 2.27. The summed E-state index contributed by atoms with van der Waals surface area (Å²) in [6.45, 7) is 6.11. The normalized spacial score (nSPS) is 14.4. The summed E-state index contributed by atoms with van der Waals surface area (Å²) in [6, 6.07) is 9.38. The van der Waals surface area contributed by atoms with Crippen molar-refractivity contribution in [2.24, 2.45) is 0 Å². The lowest BCUT2D eigenvalue weighted by Gasteiger charge is -2.30. The molecule has 0 radical (unpaired) electrons. The van der Waals surface area contributed by atoms with Gasteiger partial charge in [-0.25, -0.2) is 4.98 Å². The molecule has 0 saturated carbocycles. The van der Waals surface area contributed by atoms with E-state index in [1.54, 1.807) is 6.07 Å². The summed E-state index contributed by atoms with van der Waals surface area (Å²) in [5, 5.41) is 1.81. The maximum atomic E-state index is 6.54. The summed E-state index contributed by atoms with van der Waals surface area (Å²) in [5.41, 5.74) is 7.50. The molecule has 0 spiro atoms. The van der Waals surface area contributed by atoms with Crippen LogP contribution in [0.3, 0.4) is 0 Å². The Balaban J connectivity index is 1.90. The van der Waals surface area contributed by atoms with Gasteiger partial charge in [-0.15, -0.1) is 0 Å². The van der Waals surface area contributed by atoms with Crippen molar-refractivity contribution in [3.05, 3.63) is 57.0 Å². The standard InChI is InChI=1S/C21H21Cl3N4O/c1-3-17(26-29-4-2)14-7-8-15(23)19-20(14)28-11-5-10-27(21(28)25-19)18-9-6-13(22)12-16(18)24/h3,6-9,12,26H,4-5,10-11H2,1-2H3. The predicted octanol–water partition coefficient (Wildman–Crippen LogP) is 6.44. The molecule has 0 atom stereocenters. The summed E-state index contributed by atoms with van der Waals surface area (Å²) >= 11 is 19.1. The van der Waals surface area contributed by atoms with Gasteiger partial charge in [-0.05, 0) is 50.6 Å². The zero-order valence-corrected chi connectivity index (χ0v) is 18.4. The van der Waals surface area contributed by atoms with Crippen molar-refractivity contribution in [2.75, 3.05) is 18.1 Å².